The lowest BCUT2D eigenvalue weighted by molar-refractivity contribution is -0.0770. The Morgan fingerprint density at radius 1 is 1.59 bits per heavy atom. The van der Waals surface area contributed by atoms with Crippen LogP contribution in [0.4, 0.5) is 4.39 Å². The predicted molar refractivity (Wildman–Crippen MR) is 64.7 cm³/mol. The number of benzene rings is 1. The standard InChI is InChI=1S/C13H16ClFO2/c1-13(6-3-7-17-13)11(16)8-9-4-2-5-10(14)12(9)15/h2,4-5,11,16H,3,6-8H2,1H3. The van der Waals surface area contributed by atoms with Gasteiger partial charge in [-0.2, -0.15) is 0 Å². The van der Waals surface area contributed by atoms with Gasteiger partial charge in [0.15, 0.2) is 0 Å². The molecule has 0 amide bonds. The number of ether oxygens (including phenoxy) is 1. The fraction of sp³-hybridized carbons (Fsp3) is 0.538. The third-order valence-corrected chi connectivity index (χ3v) is 3.69. The normalized spacial score (nSPS) is 26.1. The van der Waals surface area contributed by atoms with Gasteiger partial charge in [-0.1, -0.05) is 23.7 Å². The molecular weight excluding hydrogens is 243 g/mol. The van der Waals surface area contributed by atoms with Gasteiger partial charge in [0.2, 0.25) is 0 Å². The number of hydrogen-bond donors (Lipinski definition) is 1. The molecule has 0 saturated carbocycles. The van der Waals surface area contributed by atoms with Crippen LogP contribution < -0.4 is 0 Å². The van der Waals surface area contributed by atoms with Gasteiger partial charge in [0, 0.05) is 13.0 Å². The summed E-state index contributed by atoms with van der Waals surface area (Å²) in [6.45, 7) is 2.53. The molecule has 2 unspecified atom stereocenters. The molecule has 1 fully saturated rings. The molecule has 1 aliphatic rings. The van der Waals surface area contributed by atoms with E-state index in [4.69, 9.17) is 16.3 Å². The molecule has 0 aromatic heterocycles. The third kappa shape index (κ3) is 2.62. The molecule has 1 heterocycles. The molecule has 94 valence electrons. The smallest absolute Gasteiger partial charge is 0.145 e. The van der Waals surface area contributed by atoms with E-state index in [2.05, 4.69) is 0 Å². The fourth-order valence-corrected chi connectivity index (χ4v) is 2.39. The molecule has 0 radical (unpaired) electrons. The van der Waals surface area contributed by atoms with E-state index >= 15 is 0 Å². The van der Waals surface area contributed by atoms with Gasteiger partial charge in [-0.25, -0.2) is 4.39 Å². The zero-order valence-corrected chi connectivity index (χ0v) is 10.5. The van der Waals surface area contributed by atoms with Crippen LogP contribution in [0.2, 0.25) is 5.02 Å². The van der Waals surface area contributed by atoms with Crippen molar-refractivity contribution in [1.82, 2.24) is 0 Å². The first-order chi connectivity index (χ1) is 8.03. The summed E-state index contributed by atoms with van der Waals surface area (Å²) in [7, 11) is 0. The molecular formula is C13H16ClFO2. The second kappa shape index (κ2) is 4.92. The lowest BCUT2D eigenvalue weighted by Gasteiger charge is -2.29. The van der Waals surface area contributed by atoms with E-state index in [1.165, 1.54) is 6.07 Å². The van der Waals surface area contributed by atoms with Gasteiger partial charge in [-0.15, -0.1) is 0 Å². The van der Waals surface area contributed by atoms with Crippen molar-refractivity contribution in [2.75, 3.05) is 6.61 Å². The van der Waals surface area contributed by atoms with Gasteiger partial charge in [0.25, 0.3) is 0 Å². The topological polar surface area (TPSA) is 29.5 Å². The highest BCUT2D eigenvalue weighted by atomic mass is 35.5. The molecule has 17 heavy (non-hydrogen) atoms. The van der Waals surface area contributed by atoms with E-state index in [1.54, 1.807) is 12.1 Å². The number of aliphatic hydroxyl groups excluding tert-OH is 1. The molecule has 0 aliphatic carbocycles. The van der Waals surface area contributed by atoms with Crippen molar-refractivity contribution in [3.63, 3.8) is 0 Å². The Bertz CT molecular complexity index is 402. The SMILES string of the molecule is CC1(C(O)Cc2cccc(Cl)c2F)CCCO1. The van der Waals surface area contributed by atoms with E-state index in [0.717, 1.165) is 12.8 Å². The monoisotopic (exact) mass is 258 g/mol. The summed E-state index contributed by atoms with van der Waals surface area (Å²) in [5, 5.41) is 10.2. The molecule has 1 aromatic carbocycles. The van der Waals surface area contributed by atoms with E-state index in [-0.39, 0.29) is 11.4 Å². The summed E-state index contributed by atoms with van der Waals surface area (Å²) in [5.41, 5.74) is -0.129. The largest absolute Gasteiger partial charge is 0.390 e. The maximum atomic E-state index is 13.7. The van der Waals surface area contributed by atoms with Crippen LogP contribution in [0.5, 0.6) is 0 Å². The molecule has 0 spiro atoms. The quantitative estimate of drug-likeness (QED) is 0.903. The van der Waals surface area contributed by atoms with Gasteiger partial charge in [-0.3, -0.25) is 0 Å². The summed E-state index contributed by atoms with van der Waals surface area (Å²) in [6.07, 6.45) is 1.25. The molecule has 1 aliphatic heterocycles. The lowest BCUT2D eigenvalue weighted by atomic mass is 9.91. The third-order valence-electron chi connectivity index (χ3n) is 3.40. The minimum Gasteiger partial charge on any atom is -0.390 e. The summed E-state index contributed by atoms with van der Waals surface area (Å²) >= 11 is 5.70. The molecule has 1 saturated heterocycles. The van der Waals surface area contributed by atoms with Crippen molar-refractivity contribution in [2.45, 2.75) is 37.9 Å². The Morgan fingerprint density at radius 3 is 3.00 bits per heavy atom. The van der Waals surface area contributed by atoms with E-state index in [0.29, 0.717) is 12.2 Å². The Morgan fingerprint density at radius 2 is 2.35 bits per heavy atom. The van der Waals surface area contributed by atoms with Crippen molar-refractivity contribution in [3.05, 3.63) is 34.6 Å². The van der Waals surface area contributed by atoms with Crippen molar-refractivity contribution in [2.24, 2.45) is 0 Å². The van der Waals surface area contributed by atoms with Gasteiger partial charge < -0.3 is 9.84 Å². The minimum atomic E-state index is -0.710. The molecule has 1 aromatic rings. The fourth-order valence-electron chi connectivity index (χ4n) is 2.19. The van der Waals surface area contributed by atoms with Crippen LogP contribution in [-0.2, 0) is 11.2 Å². The van der Waals surface area contributed by atoms with Crippen molar-refractivity contribution in [3.8, 4) is 0 Å². The van der Waals surface area contributed by atoms with Gasteiger partial charge in [0.1, 0.15) is 5.82 Å². The van der Waals surface area contributed by atoms with Crippen LogP contribution >= 0.6 is 11.6 Å². The zero-order valence-electron chi connectivity index (χ0n) is 9.75. The molecule has 1 N–H and O–H groups in total. The maximum Gasteiger partial charge on any atom is 0.145 e. The molecule has 0 bridgehead atoms. The predicted octanol–water partition coefficient (Wildman–Crippen LogP) is 2.95. The van der Waals surface area contributed by atoms with Crippen LogP contribution in [0.1, 0.15) is 25.3 Å². The average Bonchev–Trinajstić information content (AvgIpc) is 2.73. The Kier molecular flexibility index (Phi) is 3.71. The Labute approximate surface area is 105 Å². The summed E-state index contributed by atoms with van der Waals surface area (Å²) < 4.78 is 19.2. The highest BCUT2D eigenvalue weighted by Crippen LogP contribution is 2.31. The second-order valence-electron chi connectivity index (χ2n) is 4.70. The average molecular weight is 259 g/mol. The minimum absolute atomic E-state index is 0.0900. The summed E-state index contributed by atoms with van der Waals surface area (Å²) in [4.78, 5) is 0. The van der Waals surface area contributed by atoms with Crippen LogP contribution in [0.3, 0.4) is 0 Å². The van der Waals surface area contributed by atoms with Crippen molar-refractivity contribution >= 4 is 11.6 Å². The van der Waals surface area contributed by atoms with Crippen molar-refractivity contribution in [1.29, 1.82) is 0 Å². The van der Waals surface area contributed by atoms with Crippen LogP contribution in [0.15, 0.2) is 18.2 Å². The first-order valence-corrected chi connectivity index (χ1v) is 6.15. The molecule has 4 heteroatoms. The molecule has 2 rings (SSSR count). The van der Waals surface area contributed by atoms with Crippen LogP contribution in [0, 0.1) is 5.82 Å². The molecule has 2 nitrogen and oxygen atoms in total. The number of aliphatic hydroxyl groups is 1. The first-order valence-electron chi connectivity index (χ1n) is 5.78. The van der Waals surface area contributed by atoms with Gasteiger partial charge >= 0.3 is 0 Å². The zero-order chi connectivity index (χ0) is 12.5. The van der Waals surface area contributed by atoms with Crippen LogP contribution in [-0.4, -0.2) is 23.4 Å². The van der Waals surface area contributed by atoms with E-state index in [9.17, 15) is 9.50 Å². The van der Waals surface area contributed by atoms with Gasteiger partial charge in [0.05, 0.1) is 16.7 Å². The highest BCUT2D eigenvalue weighted by Gasteiger charge is 2.37. The summed E-state index contributed by atoms with van der Waals surface area (Å²) in [6, 6.07) is 4.83. The maximum absolute atomic E-state index is 13.7. The molecule has 2 atom stereocenters. The van der Waals surface area contributed by atoms with Crippen LogP contribution in [0.25, 0.3) is 0 Å². The van der Waals surface area contributed by atoms with E-state index in [1.807, 2.05) is 6.92 Å². The lowest BCUT2D eigenvalue weighted by Crippen LogP contribution is -2.40. The highest BCUT2D eigenvalue weighted by molar-refractivity contribution is 6.30. The Hall–Kier alpha value is -0.640. The van der Waals surface area contributed by atoms with Gasteiger partial charge in [-0.05, 0) is 31.4 Å². The Balaban J connectivity index is 2.12. The first kappa shape index (κ1) is 12.8. The number of hydrogen-bond acceptors (Lipinski definition) is 2. The van der Waals surface area contributed by atoms with E-state index < -0.39 is 17.5 Å². The van der Waals surface area contributed by atoms with Crippen molar-refractivity contribution < 1.29 is 14.2 Å². The summed E-state index contributed by atoms with van der Waals surface area (Å²) in [5.74, 6) is -0.449. The number of halogens is 2. The second-order valence-corrected chi connectivity index (χ2v) is 5.10. The number of rotatable bonds is 3.